The van der Waals surface area contributed by atoms with E-state index in [2.05, 4.69) is 10.0 Å². The maximum absolute atomic E-state index is 12.3. The maximum atomic E-state index is 12.3. The van der Waals surface area contributed by atoms with Crippen LogP contribution in [-0.2, 0) is 10.2 Å². The van der Waals surface area contributed by atoms with Crippen LogP contribution in [0.25, 0.3) is 0 Å². The zero-order valence-electron chi connectivity index (χ0n) is 11.9. The summed E-state index contributed by atoms with van der Waals surface area (Å²) in [4.78, 5) is 0. The molecule has 1 atom stereocenters. The highest BCUT2D eigenvalue weighted by Gasteiger charge is 2.27. The van der Waals surface area contributed by atoms with Gasteiger partial charge in [-0.1, -0.05) is 13.8 Å². The van der Waals surface area contributed by atoms with Crippen molar-refractivity contribution in [2.24, 2.45) is 5.92 Å². The molecule has 0 aromatic carbocycles. The molecule has 5 nitrogen and oxygen atoms in total. The molecule has 18 heavy (non-hydrogen) atoms. The van der Waals surface area contributed by atoms with Crippen molar-refractivity contribution in [1.29, 1.82) is 0 Å². The van der Waals surface area contributed by atoms with Crippen LogP contribution in [0.1, 0.15) is 40.5 Å². The Morgan fingerprint density at radius 3 is 2.44 bits per heavy atom. The zero-order chi connectivity index (χ0) is 13.8. The fourth-order valence-electron chi connectivity index (χ4n) is 2.21. The molecule has 0 spiro atoms. The van der Waals surface area contributed by atoms with Crippen molar-refractivity contribution < 1.29 is 8.42 Å². The monoisotopic (exact) mass is 277 g/mol. The van der Waals surface area contributed by atoms with Crippen LogP contribution in [0, 0.1) is 5.92 Å². The van der Waals surface area contributed by atoms with Gasteiger partial charge in [-0.05, 0) is 39.2 Å². The fourth-order valence-corrected chi connectivity index (χ4v) is 3.82. The lowest BCUT2D eigenvalue weighted by molar-refractivity contribution is 0.330. The van der Waals surface area contributed by atoms with Gasteiger partial charge in [0.1, 0.15) is 0 Å². The Kier molecular flexibility index (Phi) is 6.04. The summed E-state index contributed by atoms with van der Waals surface area (Å²) >= 11 is 0. The predicted molar refractivity (Wildman–Crippen MR) is 74.6 cm³/mol. The molecular weight excluding hydrogens is 250 g/mol. The summed E-state index contributed by atoms with van der Waals surface area (Å²) in [6, 6.07) is 0.230. The van der Waals surface area contributed by atoms with E-state index in [9.17, 15) is 8.42 Å². The molecule has 1 rings (SSSR count). The van der Waals surface area contributed by atoms with Crippen molar-refractivity contribution in [3.63, 3.8) is 0 Å². The van der Waals surface area contributed by atoms with Gasteiger partial charge < -0.3 is 5.32 Å². The lowest BCUT2D eigenvalue weighted by atomic mass is 10.2. The normalized spacial score (nSPS) is 21.4. The highest BCUT2D eigenvalue weighted by Crippen LogP contribution is 2.11. The second kappa shape index (κ2) is 6.84. The van der Waals surface area contributed by atoms with Gasteiger partial charge in [-0.25, -0.2) is 0 Å². The van der Waals surface area contributed by atoms with Crippen molar-refractivity contribution in [2.45, 2.75) is 52.6 Å². The molecule has 2 N–H and O–H groups in total. The van der Waals surface area contributed by atoms with Crippen molar-refractivity contribution in [3.05, 3.63) is 0 Å². The quantitative estimate of drug-likeness (QED) is 0.728. The van der Waals surface area contributed by atoms with Gasteiger partial charge in [0.2, 0.25) is 0 Å². The van der Waals surface area contributed by atoms with Crippen LogP contribution in [0.4, 0.5) is 0 Å². The first-order valence-electron chi connectivity index (χ1n) is 6.82. The van der Waals surface area contributed by atoms with Gasteiger partial charge in [-0.3, -0.25) is 0 Å². The minimum absolute atomic E-state index is 0.0683. The van der Waals surface area contributed by atoms with Gasteiger partial charge in [-0.2, -0.15) is 17.4 Å². The number of rotatable bonds is 7. The second-order valence-electron chi connectivity index (χ2n) is 5.78. The van der Waals surface area contributed by atoms with Gasteiger partial charge in [0.15, 0.2) is 0 Å². The molecule has 0 aromatic rings. The van der Waals surface area contributed by atoms with E-state index in [1.165, 1.54) is 0 Å². The third-order valence-corrected chi connectivity index (χ3v) is 4.63. The van der Waals surface area contributed by atoms with Crippen LogP contribution in [0.2, 0.25) is 0 Å². The van der Waals surface area contributed by atoms with Crippen LogP contribution in [0.3, 0.4) is 0 Å². The summed E-state index contributed by atoms with van der Waals surface area (Å²) in [6.45, 7) is 9.91. The molecule has 0 bridgehead atoms. The van der Waals surface area contributed by atoms with Crippen LogP contribution in [0.15, 0.2) is 0 Å². The lowest BCUT2D eigenvalue weighted by Gasteiger charge is -2.27. The molecule has 0 aliphatic carbocycles. The van der Waals surface area contributed by atoms with Gasteiger partial charge in [0.05, 0.1) is 0 Å². The Balaban J connectivity index is 2.69. The maximum Gasteiger partial charge on any atom is 0.279 e. The molecule has 0 saturated carbocycles. The second-order valence-corrected chi connectivity index (χ2v) is 7.48. The first-order chi connectivity index (χ1) is 8.31. The molecule has 1 heterocycles. The zero-order valence-corrected chi connectivity index (χ0v) is 12.8. The van der Waals surface area contributed by atoms with Crippen molar-refractivity contribution in [2.75, 3.05) is 19.6 Å². The number of hydrogen-bond acceptors (Lipinski definition) is 3. The minimum Gasteiger partial charge on any atom is -0.313 e. The van der Waals surface area contributed by atoms with Gasteiger partial charge in [0.25, 0.3) is 10.2 Å². The number of nitrogens with one attached hydrogen (secondary N) is 2. The molecule has 108 valence electrons. The molecule has 1 unspecified atom stereocenters. The van der Waals surface area contributed by atoms with Crippen LogP contribution >= 0.6 is 0 Å². The summed E-state index contributed by atoms with van der Waals surface area (Å²) in [6.07, 6.45) is 2.20. The van der Waals surface area contributed by atoms with Crippen molar-refractivity contribution in [1.82, 2.24) is 14.3 Å². The van der Waals surface area contributed by atoms with Crippen LogP contribution in [0.5, 0.6) is 0 Å². The highest BCUT2D eigenvalue weighted by molar-refractivity contribution is 7.87. The van der Waals surface area contributed by atoms with E-state index in [-0.39, 0.29) is 6.04 Å². The Morgan fingerprint density at radius 1 is 1.33 bits per heavy atom. The summed E-state index contributed by atoms with van der Waals surface area (Å²) < 4.78 is 28.8. The smallest absolute Gasteiger partial charge is 0.279 e. The third kappa shape index (κ3) is 5.22. The Labute approximate surface area is 112 Å². The van der Waals surface area contributed by atoms with E-state index in [1.54, 1.807) is 4.31 Å². The fraction of sp³-hybridized carbons (Fsp3) is 1.00. The van der Waals surface area contributed by atoms with E-state index in [0.29, 0.717) is 25.0 Å². The average molecular weight is 277 g/mol. The van der Waals surface area contributed by atoms with Crippen LogP contribution in [-0.4, -0.2) is 44.4 Å². The molecular formula is C12H27N3O2S. The highest BCUT2D eigenvalue weighted by atomic mass is 32.2. The third-order valence-electron chi connectivity index (χ3n) is 2.88. The van der Waals surface area contributed by atoms with Crippen molar-refractivity contribution in [3.8, 4) is 0 Å². The van der Waals surface area contributed by atoms with E-state index >= 15 is 0 Å². The molecule has 1 fully saturated rings. The van der Waals surface area contributed by atoms with E-state index in [1.807, 2.05) is 27.7 Å². The van der Waals surface area contributed by atoms with Crippen LogP contribution < -0.4 is 10.0 Å². The average Bonchev–Trinajstić information content (AvgIpc) is 2.66. The first-order valence-corrected chi connectivity index (χ1v) is 8.26. The Morgan fingerprint density at radius 2 is 2.00 bits per heavy atom. The van der Waals surface area contributed by atoms with E-state index in [0.717, 1.165) is 19.4 Å². The molecule has 1 aliphatic rings. The summed E-state index contributed by atoms with van der Waals surface area (Å²) in [5.41, 5.74) is 0. The largest absolute Gasteiger partial charge is 0.313 e. The summed E-state index contributed by atoms with van der Waals surface area (Å²) in [5.74, 6) is 0.329. The molecule has 0 aromatic heterocycles. The first kappa shape index (κ1) is 15.9. The summed E-state index contributed by atoms with van der Waals surface area (Å²) in [5, 5.41) is 3.35. The SMILES string of the molecule is CC(C)CN(CC1CCCN1)S(=O)(=O)NC(C)C. The standard InChI is InChI=1S/C12H27N3O2S/c1-10(2)8-15(9-12-6-5-7-13-12)18(16,17)14-11(3)4/h10-14H,5-9H2,1-4H3. The molecule has 0 amide bonds. The Bertz CT molecular complexity index is 335. The van der Waals surface area contributed by atoms with Gasteiger partial charge >= 0.3 is 0 Å². The molecule has 6 heteroatoms. The van der Waals surface area contributed by atoms with E-state index < -0.39 is 10.2 Å². The predicted octanol–water partition coefficient (Wildman–Crippen LogP) is 0.939. The van der Waals surface area contributed by atoms with E-state index in [4.69, 9.17) is 0 Å². The molecule has 1 saturated heterocycles. The Hall–Kier alpha value is -0.170. The number of hydrogen-bond donors (Lipinski definition) is 2. The topological polar surface area (TPSA) is 61.4 Å². The van der Waals surface area contributed by atoms with Gasteiger partial charge in [-0.15, -0.1) is 0 Å². The van der Waals surface area contributed by atoms with Crippen molar-refractivity contribution >= 4 is 10.2 Å². The lowest BCUT2D eigenvalue weighted by Crippen LogP contribution is -2.49. The summed E-state index contributed by atoms with van der Waals surface area (Å²) in [7, 11) is -3.36. The minimum atomic E-state index is -3.36. The van der Waals surface area contributed by atoms with Gasteiger partial charge in [0, 0.05) is 25.2 Å². The molecule has 0 radical (unpaired) electrons. The molecule has 1 aliphatic heterocycles. The number of nitrogens with zero attached hydrogens (tertiary/aromatic N) is 1.